The van der Waals surface area contributed by atoms with Gasteiger partial charge in [0.15, 0.2) is 0 Å². The molecule has 0 aromatic heterocycles. The van der Waals surface area contributed by atoms with Crippen molar-refractivity contribution in [3.8, 4) is 0 Å². The molecule has 7 heteroatoms. The molecule has 0 atom stereocenters. The van der Waals surface area contributed by atoms with Crippen molar-refractivity contribution in [2.75, 3.05) is 11.1 Å². The number of rotatable bonds is 3. The summed E-state index contributed by atoms with van der Waals surface area (Å²) < 4.78 is 27.4. The average molecular weight is 312 g/mol. The molecule has 0 saturated heterocycles. The molecule has 1 aromatic rings. The number of sulfonamides is 1. The van der Waals surface area contributed by atoms with E-state index in [0.29, 0.717) is 11.4 Å². The van der Waals surface area contributed by atoms with Gasteiger partial charge in [0.2, 0.25) is 15.9 Å². The quantitative estimate of drug-likeness (QED) is 0.894. The highest BCUT2D eigenvalue weighted by molar-refractivity contribution is 8.00. The third-order valence-electron chi connectivity index (χ3n) is 3.57. The number of nitrogens with one attached hydrogen (secondary N) is 2. The van der Waals surface area contributed by atoms with Gasteiger partial charge in [-0.3, -0.25) is 4.79 Å². The zero-order valence-electron chi connectivity index (χ0n) is 10.9. The molecule has 5 nitrogen and oxygen atoms in total. The summed E-state index contributed by atoms with van der Waals surface area (Å²) in [5.41, 5.74) is 0.584. The molecule has 1 aliphatic carbocycles. The van der Waals surface area contributed by atoms with Crippen molar-refractivity contribution in [2.45, 2.75) is 41.5 Å². The van der Waals surface area contributed by atoms with Gasteiger partial charge in [0, 0.05) is 10.9 Å². The Labute approximate surface area is 122 Å². The first kappa shape index (κ1) is 13.9. The van der Waals surface area contributed by atoms with E-state index in [-0.39, 0.29) is 16.8 Å². The molecule has 108 valence electrons. The van der Waals surface area contributed by atoms with E-state index in [1.807, 2.05) is 0 Å². The second-order valence-corrected chi connectivity index (χ2v) is 7.83. The lowest BCUT2D eigenvalue weighted by Gasteiger charge is -2.18. The van der Waals surface area contributed by atoms with E-state index in [2.05, 4.69) is 10.0 Å². The predicted molar refractivity (Wildman–Crippen MR) is 78.4 cm³/mol. The second-order valence-electron chi connectivity index (χ2n) is 5.10. The molecule has 3 rings (SSSR count). The van der Waals surface area contributed by atoms with Crippen molar-refractivity contribution in [1.82, 2.24) is 4.72 Å². The number of benzene rings is 1. The number of hydrogen-bond acceptors (Lipinski definition) is 4. The van der Waals surface area contributed by atoms with Crippen LogP contribution in [-0.2, 0) is 14.8 Å². The number of carbonyl (C=O) groups is 1. The number of carbonyl (C=O) groups excluding carboxylic acids is 1. The van der Waals surface area contributed by atoms with Crippen molar-refractivity contribution in [1.29, 1.82) is 0 Å². The Balaban J connectivity index is 1.85. The molecule has 0 radical (unpaired) electrons. The fraction of sp³-hybridized carbons (Fsp3) is 0.462. The zero-order chi connectivity index (χ0) is 14.2. The monoisotopic (exact) mass is 312 g/mol. The first-order valence-corrected chi connectivity index (χ1v) is 9.10. The minimum atomic E-state index is -3.51. The summed E-state index contributed by atoms with van der Waals surface area (Å²) >= 11 is 1.42. The molecule has 0 unspecified atom stereocenters. The first-order valence-electron chi connectivity index (χ1n) is 6.64. The van der Waals surface area contributed by atoms with E-state index in [1.165, 1.54) is 17.8 Å². The standard InChI is InChI=1S/C13H16N2O3S2/c16-13-8-19-12-6-5-10(7-11(12)14-13)20(17,18)15-9-3-1-2-4-9/h5-7,9,15H,1-4,8H2,(H,14,16). The lowest BCUT2D eigenvalue weighted by atomic mass is 10.3. The van der Waals surface area contributed by atoms with Crippen LogP contribution in [-0.4, -0.2) is 26.1 Å². The zero-order valence-corrected chi connectivity index (χ0v) is 12.5. The Kier molecular flexibility index (Phi) is 3.74. The number of anilines is 1. The smallest absolute Gasteiger partial charge is 0.240 e. The molecule has 1 amide bonds. The molecule has 1 aliphatic heterocycles. The summed E-state index contributed by atoms with van der Waals surface area (Å²) in [7, 11) is -3.51. The van der Waals surface area contributed by atoms with Gasteiger partial charge >= 0.3 is 0 Å². The fourth-order valence-electron chi connectivity index (χ4n) is 2.56. The number of thioether (sulfide) groups is 1. The molecular formula is C13H16N2O3S2. The van der Waals surface area contributed by atoms with Crippen molar-refractivity contribution >= 4 is 33.4 Å². The van der Waals surface area contributed by atoms with E-state index in [4.69, 9.17) is 0 Å². The van der Waals surface area contributed by atoms with Gasteiger partial charge in [-0.25, -0.2) is 13.1 Å². The summed E-state index contributed by atoms with van der Waals surface area (Å²) in [5, 5.41) is 2.71. The molecule has 2 aliphatic rings. The Morgan fingerprint density at radius 3 is 2.75 bits per heavy atom. The second kappa shape index (κ2) is 5.38. The third-order valence-corrected chi connectivity index (χ3v) is 6.16. The van der Waals surface area contributed by atoms with Gasteiger partial charge in [-0.1, -0.05) is 12.8 Å². The molecule has 20 heavy (non-hydrogen) atoms. The Morgan fingerprint density at radius 2 is 2.00 bits per heavy atom. The summed E-state index contributed by atoms with van der Waals surface area (Å²) in [6.07, 6.45) is 3.95. The van der Waals surface area contributed by atoms with Crippen molar-refractivity contribution in [2.24, 2.45) is 0 Å². The summed E-state index contributed by atoms with van der Waals surface area (Å²) in [6, 6.07) is 4.93. The van der Waals surface area contributed by atoms with Crippen LogP contribution < -0.4 is 10.0 Å². The van der Waals surface area contributed by atoms with Crippen LogP contribution in [0.2, 0.25) is 0 Å². The van der Waals surface area contributed by atoms with Crippen LogP contribution in [0.25, 0.3) is 0 Å². The van der Waals surface area contributed by atoms with E-state index < -0.39 is 10.0 Å². The highest BCUT2D eigenvalue weighted by Crippen LogP contribution is 2.33. The van der Waals surface area contributed by atoms with E-state index in [0.717, 1.165) is 30.6 Å². The van der Waals surface area contributed by atoms with Crippen LogP contribution in [0.4, 0.5) is 5.69 Å². The lowest BCUT2D eigenvalue weighted by molar-refractivity contribution is -0.113. The van der Waals surface area contributed by atoms with Crippen LogP contribution in [0, 0.1) is 0 Å². The summed E-state index contributed by atoms with van der Waals surface area (Å²) in [4.78, 5) is 12.5. The summed E-state index contributed by atoms with van der Waals surface area (Å²) in [6.45, 7) is 0. The first-order chi connectivity index (χ1) is 9.54. The van der Waals surface area contributed by atoms with Gasteiger partial charge < -0.3 is 5.32 Å². The highest BCUT2D eigenvalue weighted by Gasteiger charge is 2.24. The predicted octanol–water partition coefficient (Wildman–Crippen LogP) is 1.95. The Hall–Kier alpha value is -1.05. The van der Waals surface area contributed by atoms with Crippen molar-refractivity contribution in [3.63, 3.8) is 0 Å². The molecule has 2 N–H and O–H groups in total. The van der Waals surface area contributed by atoms with Gasteiger partial charge in [0.05, 0.1) is 16.3 Å². The van der Waals surface area contributed by atoms with Gasteiger partial charge in [-0.05, 0) is 31.0 Å². The molecule has 1 aromatic carbocycles. The number of fused-ring (bicyclic) bond motifs is 1. The van der Waals surface area contributed by atoms with Crippen LogP contribution >= 0.6 is 11.8 Å². The molecule has 0 spiro atoms. The lowest BCUT2D eigenvalue weighted by Crippen LogP contribution is -2.32. The third kappa shape index (κ3) is 2.84. The van der Waals surface area contributed by atoms with E-state index >= 15 is 0 Å². The largest absolute Gasteiger partial charge is 0.324 e. The Bertz CT molecular complexity index is 637. The average Bonchev–Trinajstić information content (AvgIpc) is 2.90. The molecule has 1 heterocycles. The van der Waals surface area contributed by atoms with E-state index in [9.17, 15) is 13.2 Å². The van der Waals surface area contributed by atoms with Gasteiger partial charge in [-0.2, -0.15) is 0 Å². The molecule has 1 fully saturated rings. The molecule has 1 saturated carbocycles. The maximum absolute atomic E-state index is 12.3. The molecule has 0 bridgehead atoms. The topological polar surface area (TPSA) is 75.3 Å². The van der Waals surface area contributed by atoms with E-state index in [1.54, 1.807) is 12.1 Å². The minimum Gasteiger partial charge on any atom is -0.324 e. The highest BCUT2D eigenvalue weighted by atomic mass is 32.2. The van der Waals surface area contributed by atoms with Gasteiger partial charge in [0.25, 0.3) is 0 Å². The normalized spacial score (nSPS) is 19.7. The maximum atomic E-state index is 12.3. The van der Waals surface area contributed by atoms with Crippen LogP contribution in [0.3, 0.4) is 0 Å². The van der Waals surface area contributed by atoms with Crippen LogP contribution in [0.15, 0.2) is 28.0 Å². The van der Waals surface area contributed by atoms with Crippen molar-refractivity contribution in [3.05, 3.63) is 18.2 Å². The van der Waals surface area contributed by atoms with Crippen molar-refractivity contribution < 1.29 is 13.2 Å². The maximum Gasteiger partial charge on any atom is 0.240 e. The number of amides is 1. The van der Waals surface area contributed by atoms with Crippen LogP contribution in [0.1, 0.15) is 25.7 Å². The SMILES string of the molecule is O=C1CSc2ccc(S(=O)(=O)NC3CCCC3)cc2N1. The fourth-order valence-corrected chi connectivity index (χ4v) is 4.68. The van der Waals surface area contributed by atoms with Gasteiger partial charge in [0.1, 0.15) is 0 Å². The minimum absolute atomic E-state index is 0.0417. The van der Waals surface area contributed by atoms with Crippen LogP contribution in [0.5, 0.6) is 0 Å². The van der Waals surface area contributed by atoms with Gasteiger partial charge in [-0.15, -0.1) is 11.8 Å². The molecular weight excluding hydrogens is 296 g/mol. The Morgan fingerprint density at radius 1 is 1.25 bits per heavy atom. The summed E-state index contributed by atoms with van der Waals surface area (Å²) in [5.74, 6) is 0.278. The number of hydrogen-bond donors (Lipinski definition) is 2.